The van der Waals surface area contributed by atoms with E-state index in [-0.39, 0.29) is 37.9 Å². The van der Waals surface area contributed by atoms with Crippen molar-refractivity contribution in [1.82, 2.24) is 4.90 Å². The number of rotatable bonds is 4. The molecule has 1 aliphatic heterocycles. The molecule has 2 amide bonds. The molecule has 1 atom stereocenters. The van der Waals surface area contributed by atoms with E-state index in [2.05, 4.69) is 0 Å². The Kier molecular flexibility index (Phi) is 4.53. The maximum absolute atomic E-state index is 12.3. The fraction of sp³-hybridized carbons (Fsp3) is 0.333. The molecule has 1 aromatic carbocycles. The second-order valence-electron chi connectivity index (χ2n) is 4.75. The van der Waals surface area contributed by atoms with Crippen LogP contribution in [0.3, 0.4) is 0 Å². The van der Waals surface area contributed by atoms with Gasteiger partial charge in [0.05, 0.1) is 18.1 Å². The average molecular weight is 282 g/mol. The van der Waals surface area contributed by atoms with Crippen molar-refractivity contribution in [2.24, 2.45) is 5.92 Å². The molecule has 0 unspecified atom stereocenters. The Morgan fingerprint density at radius 3 is 2.43 bits per heavy atom. The molecule has 0 aromatic heterocycles. The Morgan fingerprint density at radius 1 is 1.24 bits per heavy atom. The van der Waals surface area contributed by atoms with Gasteiger partial charge in [0.25, 0.3) is 0 Å². The van der Waals surface area contributed by atoms with Crippen molar-refractivity contribution in [2.45, 2.75) is 6.42 Å². The molecule has 0 N–H and O–H groups in total. The Balaban J connectivity index is 2.10. The highest BCUT2D eigenvalue weighted by molar-refractivity contribution is 6.00. The summed E-state index contributed by atoms with van der Waals surface area (Å²) < 4.78 is 0. The van der Waals surface area contributed by atoms with Crippen LogP contribution in [0.4, 0.5) is 5.69 Å². The lowest BCUT2D eigenvalue weighted by Crippen LogP contribution is -2.38. The third kappa shape index (κ3) is 3.18. The minimum absolute atomic E-state index is 0.112. The monoisotopic (exact) mass is 282 g/mol. The lowest BCUT2D eigenvalue weighted by atomic mass is 10.1. The summed E-state index contributed by atoms with van der Waals surface area (Å²) in [5.41, 5.74) is 0.755. The molecule has 1 saturated heterocycles. The number of carbonyl (C=O) groups is 2. The molecule has 0 spiro atoms. The van der Waals surface area contributed by atoms with Crippen molar-refractivity contribution in [1.29, 1.82) is 10.5 Å². The van der Waals surface area contributed by atoms with Crippen molar-refractivity contribution in [3.05, 3.63) is 30.3 Å². The second kappa shape index (κ2) is 6.53. The predicted molar refractivity (Wildman–Crippen MR) is 74.7 cm³/mol. The molecule has 1 aromatic rings. The van der Waals surface area contributed by atoms with Crippen molar-refractivity contribution in [3.63, 3.8) is 0 Å². The average Bonchev–Trinajstić information content (AvgIpc) is 2.89. The first-order valence-electron chi connectivity index (χ1n) is 6.55. The van der Waals surface area contributed by atoms with Gasteiger partial charge in [-0.2, -0.15) is 10.5 Å². The van der Waals surface area contributed by atoms with Gasteiger partial charge in [-0.05, 0) is 12.1 Å². The van der Waals surface area contributed by atoms with Gasteiger partial charge in [-0.1, -0.05) is 18.2 Å². The van der Waals surface area contributed by atoms with Crippen LogP contribution in [0.25, 0.3) is 0 Å². The molecular weight excluding hydrogens is 268 g/mol. The summed E-state index contributed by atoms with van der Waals surface area (Å²) in [5, 5.41) is 17.4. The number of benzene rings is 1. The zero-order valence-corrected chi connectivity index (χ0v) is 11.4. The first-order valence-corrected chi connectivity index (χ1v) is 6.55. The minimum atomic E-state index is -0.501. The second-order valence-corrected chi connectivity index (χ2v) is 4.75. The largest absolute Gasteiger partial charge is 0.316 e. The van der Waals surface area contributed by atoms with Crippen LogP contribution in [0.5, 0.6) is 0 Å². The SMILES string of the molecule is N#CCN(CC#N)C(=O)[C@@H]1CC(=O)N(c2ccccc2)C1. The maximum Gasteiger partial charge on any atom is 0.229 e. The van der Waals surface area contributed by atoms with E-state index < -0.39 is 5.92 Å². The summed E-state index contributed by atoms with van der Waals surface area (Å²) in [7, 11) is 0. The van der Waals surface area contributed by atoms with Gasteiger partial charge in [-0.3, -0.25) is 9.59 Å². The number of anilines is 1. The number of carbonyl (C=O) groups excluding carboxylic acids is 2. The molecule has 2 rings (SSSR count). The summed E-state index contributed by atoms with van der Waals surface area (Å²) >= 11 is 0. The van der Waals surface area contributed by atoms with Crippen LogP contribution in [0.1, 0.15) is 6.42 Å². The molecule has 0 radical (unpaired) electrons. The minimum Gasteiger partial charge on any atom is -0.316 e. The van der Waals surface area contributed by atoms with Crippen LogP contribution >= 0.6 is 0 Å². The molecule has 6 nitrogen and oxygen atoms in total. The van der Waals surface area contributed by atoms with E-state index in [0.29, 0.717) is 0 Å². The number of hydrogen-bond acceptors (Lipinski definition) is 4. The van der Waals surface area contributed by atoms with Gasteiger partial charge in [0.2, 0.25) is 11.8 Å². The summed E-state index contributed by atoms with van der Waals surface area (Å²) in [4.78, 5) is 27.1. The first kappa shape index (κ1) is 14.5. The first-order chi connectivity index (χ1) is 10.2. The quantitative estimate of drug-likeness (QED) is 0.768. The van der Waals surface area contributed by atoms with E-state index in [9.17, 15) is 9.59 Å². The van der Waals surface area contributed by atoms with Crippen LogP contribution in [0.15, 0.2) is 30.3 Å². The molecule has 1 fully saturated rings. The lowest BCUT2D eigenvalue weighted by Gasteiger charge is -2.20. The lowest BCUT2D eigenvalue weighted by molar-refractivity contribution is -0.134. The summed E-state index contributed by atoms with van der Waals surface area (Å²) in [5.74, 6) is -0.933. The van der Waals surface area contributed by atoms with Gasteiger partial charge in [-0.15, -0.1) is 0 Å². The highest BCUT2D eigenvalue weighted by Gasteiger charge is 2.37. The molecule has 1 heterocycles. The van der Waals surface area contributed by atoms with Crippen LogP contribution in [0.2, 0.25) is 0 Å². The number of nitriles is 2. The molecule has 106 valence electrons. The van der Waals surface area contributed by atoms with Crippen LogP contribution < -0.4 is 4.90 Å². The van der Waals surface area contributed by atoms with Gasteiger partial charge >= 0.3 is 0 Å². The van der Waals surface area contributed by atoms with Gasteiger partial charge in [0, 0.05) is 18.7 Å². The summed E-state index contributed by atoms with van der Waals surface area (Å²) in [6, 6.07) is 12.9. The number of hydrogen-bond donors (Lipinski definition) is 0. The topological polar surface area (TPSA) is 88.2 Å². The van der Waals surface area contributed by atoms with Crippen molar-refractivity contribution in [2.75, 3.05) is 24.5 Å². The third-order valence-electron chi connectivity index (χ3n) is 3.38. The standard InChI is InChI=1S/C15H14N4O2/c16-6-8-18(9-7-17)15(21)12-10-14(20)19(11-12)13-4-2-1-3-5-13/h1-5,12H,8-11H2/t12-/m1/s1. The zero-order valence-electron chi connectivity index (χ0n) is 11.4. The maximum atomic E-state index is 12.3. The van der Waals surface area contributed by atoms with Crippen molar-refractivity contribution >= 4 is 17.5 Å². The molecule has 1 aliphatic rings. The molecule has 21 heavy (non-hydrogen) atoms. The van der Waals surface area contributed by atoms with Crippen LogP contribution in [-0.2, 0) is 9.59 Å². The Morgan fingerprint density at radius 2 is 1.86 bits per heavy atom. The van der Waals surface area contributed by atoms with E-state index in [1.54, 1.807) is 4.90 Å². The van der Waals surface area contributed by atoms with E-state index in [0.717, 1.165) is 5.69 Å². The molecular formula is C15H14N4O2. The predicted octanol–water partition coefficient (Wildman–Crippen LogP) is 0.915. The zero-order chi connectivity index (χ0) is 15.2. The Hall–Kier alpha value is -2.86. The number of amides is 2. The summed E-state index contributed by atoms with van der Waals surface area (Å²) in [6.45, 7) is 0.0138. The van der Waals surface area contributed by atoms with Gasteiger partial charge in [0.15, 0.2) is 0 Å². The van der Waals surface area contributed by atoms with Gasteiger partial charge < -0.3 is 9.80 Å². The molecule has 0 aliphatic carbocycles. The van der Waals surface area contributed by atoms with Crippen LogP contribution in [-0.4, -0.2) is 36.3 Å². The highest BCUT2D eigenvalue weighted by Crippen LogP contribution is 2.25. The van der Waals surface area contributed by atoms with Crippen LogP contribution in [0, 0.1) is 28.6 Å². The van der Waals surface area contributed by atoms with Gasteiger partial charge in [0.1, 0.15) is 13.1 Å². The normalized spacial score (nSPS) is 17.1. The van der Waals surface area contributed by atoms with Gasteiger partial charge in [-0.25, -0.2) is 0 Å². The summed E-state index contributed by atoms with van der Waals surface area (Å²) in [6.07, 6.45) is 0.112. The van der Waals surface area contributed by atoms with Crippen molar-refractivity contribution in [3.8, 4) is 12.1 Å². The number of para-hydroxylation sites is 1. The van der Waals surface area contributed by atoms with E-state index in [1.165, 1.54) is 4.90 Å². The molecule has 6 heteroatoms. The number of nitrogens with zero attached hydrogens (tertiary/aromatic N) is 4. The molecule has 0 saturated carbocycles. The highest BCUT2D eigenvalue weighted by atomic mass is 16.2. The fourth-order valence-electron chi connectivity index (χ4n) is 2.37. The third-order valence-corrected chi connectivity index (χ3v) is 3.38. The van der Waals surface area contributed by atoms with Crippen molar-refractivity contribution < 1.29 is 9.59 Å². The van der Waals surface area contributed by atoms with E-state index in [4.69, 9.17) is 10.5 Å². The smallest absolute Gasteiger partial charge is 0.229 e. The molecule has 0 bridgehead atoms. The van der Waals surface area contributed by atoms with E-state index in [1.807, 2.05) is 42.5 Å². The Bertz CT molecular complexity index is 599. The fourth-order valence-corrected chi connectivity index (χ4v) is 2.37. The van der Waals surface area contributed by atoms with E-state index >= 15 is 0 Å². The Labute approximate surface area is 122 Å².